The van der Waals surface area contributed by atoms with E-state index in [0.717, 1.165) is 6.54 Å². The quantitative estimate of drug-likeness (QED) is 0.653. The number of rotatable bonds is 7. The zero-order valence-corrected chi connectivity index (χ0v) is 11.3. The Hall–Kier alpha value is 0.310. The molecule has 1 unspecified atom stereocenters. The van der Waals surface area contributed by atoms with Crippen LogP contribution >= 0.6 is 11.8 Å². The molecule has 0 aromatic heterocycles. The van der Waals surface area contributed by atoms with E-state index in [4.69, 9.17) is 0 Å². The highest BCUT2D eigenvalue weighted by Crippen LogP contribution is 2.24. The summed E-state index contributed by atoms with van der Waals surface area (Å²) in [4.78, 5) is 0. The number of thioether (sulfide) groups is 1. The van der Waals surface area contributed by atoms with E-state index in [0.29, 0.717) is 10.8 Å². The van der Waals surface area contributed by atoms with Gasteiger partial charge in [0, 0.05) is 10.8 Å². The molecular formula is C12H27NS. The van der Waals surface area contributed by atoms with Crippen LogP contribution in [0, 0.1) is 0 Å². The van der Waals surface area contributed by atoms with Crippen LogP contribution in [-0.4, -0.2) is 23.1 Å². The summed E-state index contributed by atoms with van der Waals surface area (Å²) < 4.78 is 0.431. The molecule has 0 aliphatic carbocycles. The van der Waals surface area contributed by atoms with Gasteiger partial charge in [-0.1, -0.05) is 27.7 Å². The van der Waals surface area contributed by atoms with Crippen LogP contribution in [0.1, 0.15) is 53.9 Å². The molecule has 86 valence electrons. The van der Waals surface area contributed by atoms with E-state index < -0.39 is 0 Å². The van der Waals surface area contributed by atoms with Crippen molar-refractivity contribution in [2.75, 3.05) is 12.3 Å². The lowest BCUT2D eigenvalue weighted by atomic mass is 10.2. The zero-order valence-electron chi connectivity index (χ0n) is 10.5. The van der Waals surface area contributed by atoms with Crippen LogP contribution in [0.25, 0.3) is 0 Å². The lowest BCUT2D eigenvalue weighted by Gasteiger charge is -2.18. The van der Waals surface area contributed by atoms with Crippen molar-refractivity contribution in [2.45, 2.75) is 64.7 Å². The van der Waals surface area contributed by atoms with Gasteiger partial charge in [-0.25, -0.2) is 0 Å². The molecule has 1 N–H and O–H groups in total. The number of hydrogen-bond donors (Lipinski definition) is 1. The summed E-state index contributed by atoms with van der Waals surface area (Å²) >= 11 is 2.07. The van der Waals surface area contributed by atoms with Crippen molar-refractivity contribution in [2.24, 2.45) is 0 Å². The molecule has 0 heterocycles. The van der Waals surface area contributed by atoms with Crippen molar-refractivity contribution < 1.29 is 0 Å². The molecule has 0 aliphatic rings. The molecule has 0 fully saturated rings. The van der Waals surface area contributed by atoms with E-state index in [2.05, 4.69) is 51.7 Å². The topological polar surface area (TPSA) is 12.0 Å². The van der Waals surface area contributed by atoms with Crippen LogP contribution in [-0.2, 0) is 0 Å². The average Bonchev–Trinajstić information content (AvgIpc) is 2.07. The van der Waals surface area contributed by atoms with Crippen LogP contribution in [0.2, 0.25) is 0 Å². The molecule has 0 saturated heterocycles. The Morgan fingerprint density at radius 2 is 1.93 bits per heavy atom. The van der Waals surface area contributed by atoms with E-state index in [1.165, 1.54) is 25.0 Å². The number of nitrogens with one attached hydrogen (secondary N) is 1. The first-order valence-corrected chi connectivity index (χ1v) is 6.81. The summed E-state index contributed by atoms with van der Waals surface area (Å²) in [6, 6.07) is 0.690. The van der Waals surface area contributed by atoms with Crippen LogP contribution in [0.5, 0.6) is 0 Å². The van der Waals surface area contributed by atoms with Gasteiger partial charge in [0.15, 0.2) is 0 Å². The second kappa shape index (κ2) is 7.58. The Balaban J connectivity index is 3.27. The van der Waals surface area contributed by atoms with Gasteiger partial charge in [0.2, 0.25) is 0 Å². The third-order valence-corrected chi connectivity index (χ3v) is 3.42. The van der Waals surface area contributed by atoms with Crippen molar-refractivity contribution in [1.29, 1.82) is 0 Å². The smallest absolute Gasteiger partial charge is 0.00750 e. The average molecular weight is 217 g/mol. The van der Waals surface area contributed by atoms with Crippen molar-refractivity contribution in [3.63, 3.8) is 0 Å². The molecule has 1 nitrogen and oxygen atoms in total. The SMILES string of the molecule is CCCNC(C)CCCSC(C)(C)C. The Bertz CT molecular complexity index is 129. The predicted molar refractivity (Wildman–Crippen MR) is 69.2 cm³/mol. The minimum Gasteiger partial charge on any atom is -0.314 e. The van der Waals surface area contributed by atoms with Gasteiger partial charge >= 0.3 is 0 Å². The van der Waals surface area contributed by atoms with Gasteiger partial charge in [-0.3, -0.25) is 0 Å². The number of hydrogen-bond acceptors (Lipinski definition) is 2. The normalized spacial score (nSPS) is 14.4. The fourth-order valence-electron chi connectivity index (χ4n) is 1.26. The van der Waals surface area contributed by atoms with Crippen LogP contribution < -0.4 is 5.32 Å². The molecule has 0 radical (unpaired) electrons. The standard InChI is InChI=1S/C12H27NS/c1-6-9-13-11(2)8-7-10-14-12(3,4)5/h11,13H,6-10H2,1-5H3. The maximum absolute atomic E-state index is 3.52. The molecule has 0 spiro atoms. The summed E-state index contributed by atoms with van der Waals surface area (Å²) in [6.07, 6.45) is 3.88. The van der Waals surface area contributed by atoms with E-state index in [1.807, 2.05) is 0 Å². The third kappa shape index (κ3) is 10.4. The Morgan fingerprint density at radius 1 is 1.29 bits per heavy atom. The van der Waals surface area contributed by atoms with E-state index in [1.54, 1.807) is 0 Å². The van der Waals surface area contributed by atoms with Crippen molar-refractivity contribution in [3.8, 4) is 0 Å². The minimum atomic E-state index is 0.431. The fraction of sp³-hybridized carbons (Fsp3) is 1.00. The maximum Gasteiger partial charge on any atom is 0.00750 e. The minimum absolute atomic E-state index is 0.431. The Kier molecular flexibility index (Phi) is 7.75. The van der Waals surface area contributed by atoms with E-state index in [9.17, 15) is 0 Å². The summed E-state index contributed by atoms with van der Waals surface area (Å²) in [7, 11) is 0. The van der Waals surface area contributed by atoms with Crippen LogP contribution in [0.4, 0.5) is 0 Å². The molecule has 0 aromatic rings. The molecule has 14 heavy (non-hydrogen) atoms. The molecule has 0 amide bonds. The summed E-state index contributed by atoms with van der Waals surface area (Å²) in [5.74, 6) is 1.29. The van der Waals surface area contributed by atoms with E-state index >= 15 is 0 Å². The van der Waals surface area contributed by atoms with Crippen molar-refractivity contribution in [1.82, 2.24) is 5.32 Å². The molecular weight excluding hydrogens is 190 g/mol. The molecule has 0 bridgehead atoms. The first kappa shape index (κ1) is 14.3. The van der Waals surface area contributed by atoms with Gasteiger partial charge in [-0.15, -0.1) is 0 Å². The molecule has 0 aromatic carbocycles. The van der Waals surface area contributed by atoms with Gasteiger partial charge in [0.1, 0.15) is 0 Å². The molecule has 2 heteroatoms. The van der Waals surface area contributed by atoms with Gasteiger partial charge in [-0.05, 0) is 38.5 Å². The second-order valence-corrected chi connectivity index (χ2v) is 6.88. The lowest BCUT2D eigenvalue weighted by Crippen LogP contribution is -2.26. The van der Waals surface area contributed by atoms with Crippen molar-refractivity contribution in [3.05, 3.63) is 0 Å². The van der Waals surface area contributed by atoms with Gasteiger partial charge in [-0.2, -0.15) is 11.8 Å². The van der Waals surface area contributed by atoms with Crippen molar-refractivity contribution >= 4 is 11.8 Å². The van der Waals surface area contributed by atoms with Gasteiger partial charge in [0.05, 0.1) is 0 Å². The van der Waals surface area contributed by atoms with E-state index in [-0.39, 0.29) is 0 Å². The molecule has 1 atom stereocenters. The van der Waals surface area contributed by atoms with Crippen LogP contribution in [0.15, 0.2) is 0 Å². The summed E-state index contributed by atoms with van der Waals surface area (Å²) in [5.41, 5.74) is 0. The lowest BCUT2D eigenvalue weighted by molar-refractivity contribution is 0.509. The Morgan fingerprint density at radius 3 is 2.43 bits per heavy atom. The third-order valence-electron chi connectivity index (χ3n) is 2.06. The zero-order chi connectivity index (χ0) is 11.0. The first-order chi connectivity index (χ1) is 6.45. The Labute approximate surface area is 94.4 Å². The highest BCUT2D eigenvalue weighted by molar-refractivity contribution is 8.00. The van der Waals surface area contributed by atoms with Crippen LogP contribution in [0.3, 0.4) is 0 Å². The highest BCUT2D eigenvalue weighted by Gasteiger charge is 2.09. The molecule has 0 aliphatic heterocycles. The molecule has 0 saturated carbocycles. The van der Waals surface area contributed by atoms with Gasteiger partial charge < -0.3 is 5.32 Å². The first-order valence-electron chi connectivity index (χ1n) is 5.83. The fourth-order valence-corrected chi connectivity index (χ4v) is 2.18. The summed E-state index contributed by atoms with van der Waals surface area (Å²) in [6.45, 7) is 12.5. The second-order valence-electron chi connectivity index (χ2n) is 4.96. The van der Waals surface area contributed by atoms with Gasteiger partial charge in [0.25, 0.3) is 0 Å². The largest absolute Gasteiger partial charge is 0.314 e. The highest BCUT2D eigenvalue weighted by atomic mass is 32.2. The predicted octanol–water partition coefficient (Wildman–Crippen LogP) is 3.69. The monoisotopic (exact) mass is 217 g/mol. The maximum atomic E-state index is 3.52. The summed E-state index contributed by atoms with van der Waals surface area (Å²) in [5, 5.41) is 3.52. The molecule has 0 rings (SSSR count).